The second-order valence-electron chi connectivity index (χ2n) is 9.23. The summed E-state index contributed by atoms with van der Waals surface area (Å²) < 4.78 is 0. The molecule has 0 aliphatic rings. The lowest BCUT2D eigenvalue weighted by Crippen LogP contribution is -2.38. The first-order valence-electron chi connectivity index (χ1n) is 13.4. The highest BCUT2D eigenvalue weighted by Crippen LogP contribution is 2.29. The van der Waals surface area contributed by atoms with E-state index in [1.807, 2.05) is 28.0 Å². The summed E-state index contributed by atoms with van der Waals surface area (Å²) in [6.07, 6.45) is 0. The number of hydrogen-bond donors (Lipinski definition) is 7. The van der Waals surface area contributed by atoms with Crippen LogP contribution in [0.3, 0.4) is 0 Å². The summed E-state index contributed by atoms with van der Waals surface area (Å²) in [7, 11) is 0. The van der Waals surface area contributed by atoms with Gasteiger partial charge in [-0.25, -0.2) is 0 Å². The largest absolute Gasteiger partial charge is 0.506 e. The smallest absolute Gasteiger partial charge is 0.259 e. The number of phenolic OH excluding ortho intramolecular Hbond substituents is 1. The van der Waals surface area contributed by atoms with Crippen LogP contribution in [-0.4, -0.2) is 78.3 Å². The van der Waals surface area contributed by atoms with Crippen molar-refractivity contribution >= 4 is 45.9 Å². The molecule has 0 spiro atoms. The molecule has 1 aromatic heterocycles. The molecule has 0 bridgehead atoms. The number of rotatable bonds is 14. The van der Waals surface area contributed by atoms with E-state index in [0.29, 0.717) is 87.0 Å². The molecule has 0 radical (unpaired) electrons. The molecule has 13 nitrogen and oxygen atoms in total. The van der Waals surface area contributed by atoms with E-state index >= 15 is 0 Å². The van der Waals surface area contributed by atoms with E-state index in [0.717, 1.165) is 5.39 Å². The van der Waals surface area contributed by atoms with Gasteiger partial charge >= 0.3 is 0 Å². The van der Waals surface area contributed by atoms with Gasteiger partial charge in [0.1, 0.15) is 5.75 Å². The molecule has 0 aliphatic carbocycles. The monoisotopic (exact) mass is 559 g/mol. The van der Waals surface area contributed by atoms with Crippen molar-refractivity contribution in [1.82, 2.24) is 15.0 Å². The summed E-state index contributed by atoms with van der Waals surface area (Å²) in [6.45, 7) is 3.72. The standard InChI is InChI=1S/C28H37N11O2/c29-11-15-38(16-12-30)27-35-26(36-28(37-27)39(17-13-31)18-14-32)34-21-8-6-20(7-9-21)33-25(41)23-10-5-19-3-1-2-4-22(19)24(23)40/h1-10,40H,11-18,29-32H2,(H,33,41)(H,34,35,36,37). The molecule has 0 atom stereocenters. The molecule has 4 aromatic rings. The molecule has 0 aliphatic heterocycles. The predicted octanol–water partition coefficient (Wildman–Crippen LogP) is 1.17. The number of anilines is 5. The van der Waals surface area contributed by atoms with Gasteiger partial charge in [-0.3, -0.25) is 4.79 Å². The highest BCUT2D eigenvalue weighted by atomic mass is 16.3. The highest BCUT2D eigenvalue weighted by molar-refractivity contribution is 6.09. The summed E-state index contributed by atoms with van der Waals surface area (Å²) in [5.41, 5.74) is 24.7. The van der Waals surface area contributed by atoms with Gasteiger partial charge in [-0.1, -0.05) is 30.3 Å². The molecule has 0 unspecified atom stereocenters. The summed E-state index contributed by atoms with van der Waals surface area (Å²) >= 11 is 0. The maximum atomic E-state index is 12.9. The Hall–Kier alpha value is -4.56. The van der Waals surface area contributed by atoms with Crippen LogP contribution in [0.4, 0.5) is 29.2 Å². The Morgan fingerprint density at radius 1 is 0.707 bits per heavy atom. The number of carbonyl (C=O) groups is 1. The van der Waals surface area contributed by atoms with Gasteiger partial charge in [0.05, 0.1) is 5.56 Å². The molecule has 13 heteroatoms. The number of aromatic nitrogens is 3. The van der Waals surface area contributed by atoms with Crippen molar-refractivity contribution in [2.75, 3.05) is 72.8 Å². The second kappa shape index (κ2) is 14.2. The second-order valence-corrected chi connectivity index (χ2v) is 9.23. The number of nitrogens with two attached hydrogens (primary N) is 4. The Morgan fingerprint density at radius 3 is 1.80 bits per heavy atom. The minimum Gasteiger partial charge on any atom is -0.506 e. The topological polar surface area (TPSA) is 211 Å². The van der Waals surface area contributed by atoms with Crippen LogP contribution in [-0.2, 0) is 0 Å². The normalized spacial score (nSPS) is 10.9. The number of carbonyl (C=O) groups excluding carboxylic acids is 1. The number of aromatic hydroxyl groups is 1. The third-order valence-corrected chi connectivity index (χ3v) is 6.32. The first-order valence-corrected chi connectivity index (χ1v) is 13.4. The number of fused-ring (bicyclic) bond motifs is 1. The van der Waals surface area contributed by atoms with Gasteiger partial charge in [0.15, 0.2) is 0 Å². The van der Waals surface area contributed by atoms with Crippen LogP contribution >= 0.6 is 0 Å². The van der Waals surface area contributed by atoms with Crippen LogP contribution in [0.5, 0.6) is 5.75 Å². The average molecular weight is 560 g/mol. The van der Waals surface area contributed by atoms with Crippen LogP contribution in [0.25, 0.3) is 10.8 Å². The van der Waals surface area contributed by atoms with Crippen LogP contribution in [0.15, 0.2) is 60.7 Å². The molecule has 0 saturated carbocycles. The lowest BCUT2D eigenvalue weighted by molar-refractivity contribution is 0.102. The number of phenols is 1. The fourth-order valence-electron chi connectivity index (χ4n) is 4.34. The first kappa shape index (κ1) is 29.4. The van der Waals surface area contributed by atoms with Gasteiger partial charge in [0, 0.05) is 69.1 Å². The molecule has 3 aromatic carbocycles. The molecule has 1 heterocycles. The number of nitrogens with zero attached hydrogens (tertiary/aromatic N) is 5. The number of amides is 1. The van der Waals surface area contributed by atoms with E-state index in [1.165, 1.54) is 0 Å². The van der Waals surface area contributed by atoms with E-state index < -0.39 is 5.91 Å². The van der Waals surface area contributed by atoms with Gasteiger partial charge in [-0.2, -0.15) is 15.0 Å². The van der Waals surface area contributed by atoms with Crippen molar-refractivity contribution in [3.8, 4) is 5.75 Å². The third-order valence-electron chi connectivity index (χ3n) is 6.32. The molecule has 4 rings (SSSR count). The molecule has 216 valence electrons. The van der Waals surface area contributed by atoms with Crippen molar-refractivity contribution in [3.05, 3.63) is 66.2 Å². The highest BCUT2D eigenvalue weighted by Gasteiger charge is 2.18. The van der Waals surface area contributed by atoms with Crippen LogP contribution < -0.4 is 43.4 Å². The fourth-order valence-corrected chi connectivity index (χ4v) is 4.34. The minimum atomic E-state index is -0.416. The van der Waals surface area contributed by atoms with Gasteiger partial charge in [-0.15, -0.1) is 0 Å². The zero-order valence-electron chi connectivity index (χ0n) is 22.8. The van der Waals surface area contributed by atoms with Crippen molar-refractivity contribution in [3.63, 3.8) is 0 Å². The Morgan fingerprint density at radius 2 is 1.24 bits per heavy atom. The Balaban J connectivity index is 1.55. The molecular formula is C28H37N11O2. The zero-order valence-corrected chi connectivity index (χ0v) is 22.8. The van der Waals surface area contributed by atoms with Gasteiger partial charge < -0.3 is 48.5 Å². The number of hydrogen-bond acceptors (Lipinski definition) is 12. The van der Waals surface area contributed by atoms with Crippen molar-refractivity contribution < 1.29 is 9.90 Å². The van der Waals surface area contributed by atoms with E-state index in [-0.39, 0.29) is 11.3 Å². The van der Waals surface area contributed by atoms with Crippen molar-refractivity contribution in [2.45, 2.75) is 0 Å². The Labute approximate surface area is 238 Å². The average Bonchev–Trinajstić information content (AvgIpc) is 2.98. The minimum absolute atomic E-state index is 0.0584. The molecular weight excluding hydrogens is 522 g/mol. The Bertz CT molecular complexity index is 1400. The molecule has 0 fully saturated rings. The quantitative estimate of drug-likeness (QED) is 0.116. The Kier molecular flexibility index (Phi) is 10.2. The maximum Gasteiger partial charge on any atom is 0.259 e. The maximum absolute atomic E-state index is 12.9. The molecule has 1 amide bonds. The van der Waals surface area contributed by atoms with Gasteiger partial charge in [-0.05, 0) is 35.7 Å². The summed E-state index contributed by atoms with van der Waals surface area (Å²) in [5.74, 6) is 0.719. The summed E-state index contributed by atoms with van der Waals surface area (Å²) in [5, 5.41) is 18.1. The fraction of sp³-hybridized carbons (Fsp3) is 0.286. The van der Waals surface area contributed by atoms with Crippen LogP contribution in [0.2, 0.25) is 0 Å². The van der Waals surface area contributed by atoms with Crippen LogP contribution in [0.1, 0.15) is 10.4 Å². The number of nitrogens with one attached hydrogen (secondary N) is 2. The number of benzene rings is 3. The summed E-state index contributed by atoms with van der Waals surface area (Å²) in [4.78, 5) is 30.6. The van der Waals surface area contributed by atoms with E-state index in [1.54, 1.807) is 42.5 Å². The van der Waals surface area contributed by atoms with Gasteiger partial charge in [0.25, 0.3) is 5.91 Å². The van der Waals surface area contributed by atoms with Crippen LogP contribution in [0, 0.1) is 0 Å². The van der Waals surface area contributed by atoms with E-state index in [2.05, 4.69) is 25.6 Å². The molecule has 11 N–H and O–H groups in total. The third kappa shape index (κ3) is 7.35. The molecule has 41 heavy (non-hydrogen) atoms. The predicted molar refractivity (Wildman–Crippen MR) is 164 cm³/mol. The van der Waals surface area contributed by atoms with Crippen molar-refractivity contribution in [1.29, 1.82) is 0 Å². The van der Waals surface area contributed by atoms with E-state index in [4.69, 9.17) is 22.9 Å². The SMILES string of the molecule is NCCN(CCN)c1nc(Nc2ccc(NC(=O)c3ccc4ccccc4c3O)cc2)nc(N(CCN)CCN)n1. The van der Waals surface area contributed by atoms with E-state index in [9.17, 15) is 9.90 Å². The lowest BCUT2D eigenvalue weighted by atomic mass is 10.0. The zero-order chi connectivity index (χ0) is 29.2. The van der Waals surface area contributed by atoms with Gasteiger partial charge in [0.2, 0.25) is 17.8 Å². The lowest BCUT2D eigenvalue weighted by Gasteiger charge is -2.25. The summed E-state index contributed by atoms with van der Waals surface area (Å²) in [6, 6.07) is 17.8. The molecule has 0 saturated heterocycles. The van der Waals surface area contributed by atoms with Crippen molar-refractivity contribution in [2.24, 2.45) is 22.9 Å². The first-order chi connectivity index (χ1) is 20.0.